The molecule has 0 spiro atoms. The fraction of sp³-hybridized carbons (Fsp3) is 0.667. The van der Waals surface area contributed by atoms with Gasteiger partial charge in [-0.1, -0.05) is 25.3 Å². The molecule has 1 saturated carbocycles. The van der Waals surface area contributed by atoms with Crippen LogP contribution in [-0.2, 0) is 9.59 Å². The maximum Gasteiger partial charge on any atom is 0.330 e. The molecule has 0 saturated heterocycles. The zero-order valence-electron chi connectivity index (χ0n) is 9.66. The van der Waals surface area contributed by atoms with E-state index in [0.717, 1.165) is 12.8 Å². The van der Waals surface area contributed by atoms with Crippen LogP contribution in [-0.4, -0.2) is 23.0 Å². The smallest absolute Gasteiger partial charge is 0.330 e. The van der Waals surface area contributed by atoms with Gasteiger partial charge in [0, 0.05) is 18.0 Å². The summed E-state index contributed by atoms with van der Waals surface area (Å²) in [7, 11) is 0. The van der Waals surface area contributed by atoms with E-state index in [1.807, 2.05) is 0 Å². The molecule has 2 N–H and O–H groups in total. The summed E-state index contributed by atoms with van der Waals surface area (Å²) in [6, 6.07) is 0.291. The fourth-order valence-corrected chi connectivity index (χ4v) is 1.87. The van der Waals surface area contributed by atoms with Gasteiger partial charge in [-0.25, -0.2) is 4.79 Å². The third-order valence-corrected chi connectivity index (χ3v) is 2.90. The largest absolute Gasteiger partial charge is 0.478 e. The van der Waals surface area contributed by atoms with E-state index in [2.05, 4.69) is 5.32 Å². The van der Waals surface area contributed by atoms with Crippen molar-refractivity contribution in [3.8, 4) is 0 Å². The molecule has 4 nitrogen and oxygen atoms in total. The van der Waals surface area contributed by atoms with Crippen LogP contribution in [0.1, 0.15) is 45.4 Å². The van der Waals surface area contributed by atoms with Crippen LogP contribution < -0.4 is 5.32 Å². The van der Waals surface area contributed by atoms with Crippen molar-refractivity contribution in [2.75, 3.05) is 0 Å². The van der Waals surface area contributed by atoms with E-state index >= 15 is 0 Å². The number of hydrogen-bond acceptors (Lipinski definition) is 2. The van der Waals surface area contributed by atoms with Gasteiger partial charge in [0.1, 0.15) is 0 Å². The maximum absolute atomic E-state index is 11.5. The molecule has 1 fully saturated rings. The van der Waals surface area contributed by atoms with E-state index in [0.29, 0.717) is 6.04 Å². The molecule has 1 amide bonds. The third kappa shape index (κ3) is 4.47. The molecule has 0 aliphatic heterocycles. The zero-order valence-corrected chi connectivity index (χ0v) is 9.66. The second-order valence-corrected chi connectivity index (χ2v) is 4.30. The highest BCUT2D eigenvalue weighted by atomic mass is 16.4. The Bertz CT molecular complexity index is 291. The number of hydrogen-bond donors (Lipinski definition) is 2. The van der Waals surface area contributed by atoms with Crippen molar-refractivity contribution in [2.24, 2.45) is 0 Å². The Morgan fingerprint density at radius 3 is 2.50 bits per heavy atom. The molecule has 1 aliphatic rings. The standard InChI is InChI=1S/C12H19NO3/c1-9(12(15)16)7-8-11(14)13-10-5-3-2-4-6-10/h7,10H,2-6,8H2,1H3,(H,13,14)(H,15,16). The van der Waals surface area contributed by atoms with E-state index in [1.54, 1.807) is 0 Å². The normalized spacial score (nSPS) is 18.2. The van der Waals surface area contributed by atoms with Crippen LogP contribution in [0.5, 0.6) is 0 Å². The number of carbonyl (C=O) groups excluding carboxylic acids is 1. The third-order valence-electron chi connectivity index (χ3n) is 2.90. The number of carboxylic acids is 1. The molecule has 4 heteroatoms. The van der Waals surface area contributed by atoms with Crippen LogP contribution in [0, 0.1) is 0 Å². The van der Waals surface area contributed by atoms with Crippen molar-refractivity contribution in [3.05, 3.63) is 11.6 Å². The van der Waals surface area contributed by atoms with Gasteiger partial charge in [-0.05, 0) is 19.8 Å². The molecular weight excluding hydrogens is 206 g/mol. The van der Waals surface area contributed by atoms with Gasteiger partial charge >= 0.3 is 5.97 Å². The van der Waals surface area contributed by atoms with Crippen LogP contribution in [0.25, 0.3) is 0 Å². The van der Waals surface area contributed by atoms with Crippen molar-refractivity contribution in [1.29, 1.82) is 0 Å². The Labute approximate surface area is 95.7 Å². The van der Waals surface area contributed by atoms with Crippen molar-refractivity contribution >= 4 is 11.9 Å². The summed E-state index contributed by atoms with van der Waals surface area (Å²) in [5, 5.41) is 11.6. The monoisotopic (exact) mass is 225 g/mol. The van der Waals surface area contributed by atoms with E-state index in [-0.39, 0.29) is 17.9 Å². The molecule has 0 aromatic carbocycles. The first kappa shape index (κ1) is 12.7. The Morgan fingerprint density at radius 2 is 1.94 bits per heavy atom. The average molecular weight is 225 g/mol. The Balaban J connectivity index is 2.30. The second-order valence-electron chi connectivity index (χ2n) is 4.30. The average Bonchev–Trinajstić information content (AvgIpc) is 2.27. The summed E-state index contributed by atoms with van der Waals surface area (Å²) in [6.07, 6.45) is 7.32. The molecule has 0 aromatic rings. The highest BCUT2D eigenvalue weighted by Gasteiger charge is 2.14. The highest BCUT2D eigenvalue weighted by Crippen LogP contribution is 2.17. The van der Waals surface area contributed by atoms with E-state index in [4.69, 9.17) is 5.11 Å². The van der Waals surface area contributed by atoms with Crippen molar-refractivity contribution in [2.45, 2.75) is 51.5 Å². The first-order valence-corrected chi connectivity index (χ1v) is 5.79. The van der Waals surface area contributed by atoms with Crippen LogP contribution >= 0.6 is 0 Å². The maximum atomic E-state index is 11.5. The molecule has 0 aromatic heterocycles. The summed E-state index contributed by atoms with van der Waals surface area (Å²) in [5.41, 5.74) is 0.221. The first-order valence-electron chi connectivity index (χ1n) is 5.79. The van der Waals surface area contributed by atoms with Crippen molar-refractivity contribution in [1.82, 2.24) is 5.32 Å². The lowest BCUT2D eigenvalue weighted by molar-refractivity contribution is -0.132. The first-order chi connectivity index (χ1) is 7.59. The number of rotatable bonds is 4. The lowest BCUT2D eigenvalue weighted by atomic mass is 9.95. The summed E-state index contributed by atoms with van der Waals surface area (Å²) in [6.45, 7) is 1.50. The van der Waals surface area contributed by atoms with Gasteiger partial charge in [0.25, 0.3) is 0 Å². The van der Waals surface area contributed by atoms with Gasteiger partial charge in [-0.3, -0.25) is 4.79 Å². The molecule has 0 heterocycles. The Morgan fingerprint density at radius 1 is 1.31 bits per heavy atom. The minimum absolute atomic E-state index is 0.0764. The van der Waals surface area contributed by atoms with Crippen LogP contribution in [0.2, 0.25) is 0 Å². The summed E-state index contributed by atoms with van der Waals surface area (Å²) < 4.78 is 0. The number of carbonyl (C=O) groups is 2. The molecule has 0 atom stereocenters. The lowest BCUT2D eigenvalue weighted by Gasteiger charge is -2.22. The minimum Gasteiger partial charge on any atom is -0.478 e. The summed E-state index contributed by atoms with van der Waals surface area (Å²) in [4.78, 5) is 22.0. The molecule has 0 unspecified atom stereocenters. The second kappa shape index (κ2) is 6.30. The topological polar surface area (TPSA) is 66.4 Å². The van der Waals surface area contributed by atoms with E-state index in [1.165, 1.54) is 32.3 Å². The predicted molar refractivity (Wildman–Crippen MR) is 61.0 cm³/mol. The minimum atomic E-state index is -0.967. The molecule has 0 bridgehead atoms. The van der Waals surface area contributed by atoms with E-state index < -0.39 is 5.97 Å². The zero-order chi connectivity index (χ0) is 12.0. The summed E-state index contributed by atoms with van der Waals surface area (Å²) in [5.74, 6) is -1.04. The molecule has 0 radical (unpaired) electrons. The van der Waals surface area contributed by atoms with Gasteiger partial charge < -0.3 is 10.4 Å². The van der Waals surface area contributed by atoms with Gasteiger partial charge in [0.05, 0.1) is 0 Å². The SMILES string of the molecule is CC(=CCC(=O)NC1CCCCC1)C(=O)O. The van der Waals surface area contributed by atoms with Gasteiger partial charge in [0.2, 0.25) is 5.91 Å². The fourth-order valence-electron chi connectivity index (χ4n) is 1.87. The summed E-state index contributed by atoms with van der Waals surface area (Å²) >= 11 is 0. The van der Waals surface area contributed by atoms with Gasteiger partial charge in [-0.15, -0.1) is 0 Å². The number of aliphatic carboxylic acids is 1. The molecular formula is C12H19NO3. The number of amides is 1. The van der Waals surface area contributed by atoms with Crippen molar-refractivity contribution < 1.29 is 14.7 Å². The van der Waals surface area contributed by atoms with Crippen LogP contribution in [0.15, 0.2) is 11.6 Å². The van der Waals surface area contributed by atoms with Gasteiger partial charge in [-0.2, -0.15) is 0 Å². The Hall–Kier alpha value is -1.32. The number of nitrogens with one attached hydrogen (secondary N) is 1. The van der Waals surface area contributed by atoms with Crippen LogP contribution in [0.3, 0.4) is 0 Å². The molecule has 1 aliphatic carbocycles. The number of carboxylic acid groups (broad SMARTS) is 1. The molecule has 1 rings (SSSR count). The molecule has 16 heavy (non-hydrogen) atoms. The van der Waals surface area contributed by atoms with E-state index in [9.17, 15) is 9.59 Å². The van der Waals surface area contributed by atoms with Crippen molar-refractivity contribution in [3.63, 3.8) is 0 Å². The Kier molecular flexibility index (Phi) is 5.02. The quantitative estimate of drug-likeness (QED) is 0.718. The predicted octanol–water partition coefficient (Wildman–Crippen LogP) is 1.86. The van der Waals surface area contributed by atoms with Crippen LogP contribution in [0.4, 0.5) is 0 Å². The lowest BCUT2D eigenvalue weighted by Crippen LogP contribution is -2.35. The van der Waals surface area contributed by atoms with Gasteiger partial charge in [0.15, 0.2) is 0 Å². The highest BCUT2D eigenvalue weighted by molar-refractivity contribution is 5.87. The molecule has 90 valence electrons.